The molecule has 0 aliphatic carbocycles. The van der Waals surface area contributed by atoms with Crippen LogP contribution in [0.1, 0.15) is 5.56 Å². The normalized spacial score (nSPS) is 16.1. The number of rotatable bonds is 4. The van der Waals surface area contributed by atoms with Gasteiger partial charge in [-0.05, 0) is 17.7 Å². The molecule has 0 amide bonds. The molecule has 0 saturated carbocycles. The van der Waals surface area contributed by atoms with Crippen molar-refractivity contribution in [3.05, 3.63) is 63.2 Å². The molecule has 1 aliphatic heterocycles. The van der Waals surface area contributed by atoms with Crippen LogP contribution < -0.4 is 9.47 Å². The third kappa shape index (κ3) is 2.92. The number of hydrogen-bond acceptors (Lipinski definition) is 4. The Balaban J connectivity index is 1.69. The quantitative estimate of drug-likeness (QED) is 0.639. The molecule has 0 fully saturated rings. The number of nitrogens with zero attached hydrogens (tertiary/aromatic N) is 1. The molecule has 1 unspecified atom stereocenters. The fourth-order valence-corrected chi connectivity index (χ4v) is 2.45. The van der Waals surface area contributed by atoms with Crippen LogP contribution in [-0.2, 0) is 6.42 Å². The first-order chi connectivity index (χ1) is 10.1. The molecule has 0 saturated heterocycles. The maximum absolute atomic E-state index is 11.0. The van der Waals surface area contributed by atoms with Gasteiger partial charge in [0, 0.05) is 23.6 Å². The molecule has 2 aromatic carbocycles. The van der Waals surface area contributed by atoms with Crippen LogP contribution in [0.3, 0.4) is 0 Å². The predicted octanol–water partition coefficient (Wildman–Crippen LogP) is 3.63. The fourth-order valence-electron chi connectivity index (χ4n) is 2.28. The molecule has 0 radical (unpaired) electrons. The SMILES string of the molecule is O=[N+]([O-])c1ccc(Cl)cc1OCC1Cc2ccccc2O1. The van der Waals surface area contributed by atoms with Crippen LogP contribution >= 0.6 is 11.6 Å². The predicted molar refractivity (Wildman–Crippen MR) is 78.2 cm³/mol. The summed E-state index contributed by atoms with van der Waals surface area (Å²) >= 11 is 5.86. The first-order valence-electron chi connectivity index (χ1n) is 6.45. The van der Waals surface area contributed by atoms with E-state index in [1.165, 1.54) is 18.2 Å². The summed E-state index contributed by atoms with van der Waals surface area (Å²) in [4.78, 5) is 10.5. The molecule has 6 heteroatoms. The number of nitro groups is 1. The number of fused-ring (bicyclic) bond motifs is 1. The summed E-state index contributed by atoms with van der Waals surface area (Å²) in [5.74, 6) is 0.999. The minimum absolute atomic E-state index is 0.102. The summed E-state index contributed by atoms with van der Waals surface area (Å²) in [5.41, 5.74) is 1.02. The standard InChI is InChI=1S/C15H12ClNO4/c16-11-5-6-13(17(18)19)15(8-11)20-9-12-7-10-3-1-2-4-14(10)21-12/h1-6,8,12H,7,9H2. The first kappa shape index (κ1) is 13.7. The summed E-state index contributed by atoms with van der Waals surface area (Å²) in [6.45, 7) is 0.232. The largest absolute Gasteiger partial charge is 0.486 e. The number of halogens is 1. The van der Waals surface area contributed by atoms with E-state index in [1.54, 1.807) is 0 Å². The molecular formula is C15H12ClNO4. The number of benzene rings is 2. The summed E-state index contributed by atoms with van der Waals surface area (Å²) in [6, 6.07) is 12.0. The molecule has 5 nitrogen and oxygen atoms in total. The second kappa shape index (κ2) is 5.61. The van der Waals surface area contributed by atoms with Crippen molar-refractivity contribution in [3.63, 3.8) is 0 Å². The highest BCUT2D eigenvalue weighted by Gasteiger charge is 2.24. The zero-order chi connectivity index (χ0) is 14.8. The topological polar surface area (TPSA) is 61.6 Å². The molecule has 0 bridgehead atoms. The van der Waals surface area contributed by atoms with Gasteiger partial charge in [0.25, 0.3) is 0 Å². The molecule has 1 heterocycles. The Kier molecular flexibility index (Phi) is 3.66. The highest BCUT2D eigenvalue weighted by molar-refractivity contribution is 6.30. The lowest BCUT2D eigenvalue weighted by molar-refractivity contribution is -0.385. The van der Waals surface area contributed by atoms with Gasteiger partial charge in [-0.15, -0.1) is 0 Å². The maximum atomic E-state index is 11.0. The summed E-state index contributed by atoms with van der Waals surface area (Å²) in [7, 11) is 0. The molecule has 1 aliphatic rings. The van der Waals surface area contributed by atoms with Gasteiger partial charge in [0.2, 0.25) is 0 Å². The van der Waals surface area contributed by atoms with Crippen LogP contribution in [-0.4, -0.2) is 17.6 Å². The molecule has 0 N–H and O–H groups in total. The van der Waals surface area contributed by atoms with E-state index >= 15 is 0 Å². The summed E-state index contributed by atoms with van der Waals surface area (Å²) < 4.78 is 11.3. The van der Waals surface area contributed by atoms with E-state index in [2.05, 4.69) is 0 Å². The summed E-state index contributed by atoms with van der Waals surface area (Å²) in [6.07, 6.45) is 0.575. The first-order valence-corrected chi connectivity index (χ1v) is 6.82. The third-order valence-electron chi connectivity index (χ3n) is 3.26. The Morgan fingerprint density at radius 2 is 2.14 bits per heavy atom. The Morgan fingerprint density at radius 1 is 1.33 bits per heavy atom. The van der Waals surface area contributed by atoms with Crippen LogP contribution in [0.2, 0.25) is 5.02 Å². The Morgan fingerprint density at radius 3 is 2.90 bits per heavy atom. The van der Waals surface area contributed by atoms with Gasteiger partial charge in [-0.3, -0.25) is 10.1 Å². The van der Waals surface area contributed by atoms with Gasteiger partial charge in [-0.2, -0.15) is 0 Å². The fraction of sp³-hybridized carbons (Fsp3) is 0.200. The number of hydrogen-bond donors (Lipinski definition) is 0. The van der Waals surface area contributed by atoms with E-state index in [1.807, 2.05) is 24.3 Å². The van der Waals surface area contributed by atoms with Crippen LogP contribution in [0.5, 0.6) is 11.5 Å². The van der Waals surface area contributed by atoms with Crippen molar-refractivity contribution < 1.29 is 14.4 Å². The zero-order valence-electron chi connectivity index (χ0n) is 11.0. The second-order valence-corrected chi connectivity index (χ2v) is 5.17. The van der Waals surface area contributed by atoms with Gasteiger partial charge in [0.05, 0.1) is 4.92 Å². The van der Waals surface area contributed by atoms with Crippen molar-refractivity contribution in [2.24, 2.45) is 0 Å². The van der Waals surface area contributed by atoms with Crippen molar-refractivity contribution in [3.8, 4) is 11.5 Å². The number of ether oxygens (including phenoxy) is 2. The Hall–Kier alpha value is -2.27. The molecule has 1 atom stereocenters. The third-order valence-corrected chi connectivity index (χ3v) is 3.49. The molecule has 108 valence electrons. The lowest BCUT2D eigenvalue weighted by Gasteiger charge is -2.12. The molecule has 3 rings (SSSR count). The van der Waals surface area contributed by atoms with E-state index in [0.717, 1.165) is 17.7 Å². The van der Waals surface area contributed by atoms with Crippen molar-refractivity contribution in [2.45, 2.75) is 12.5 Å². The van der Waals surface area contributed by atoms with E-state index < -0.39 is 4.92 Å². The monoisotopic (exact) mass is 305 g/mol. The average molecular weight is 306 g/mol. The van der Waals surface area contributed by atoms with Gasteiger partial charge in [-0.25, -0.2) is 0 Å². The van der Waals surface area contributed by atoms with Crippen molar-refractivity contribution >= 4 is 17.3 Å². The molecular weight excluding hydrogens is 294 g/mol. The lowest BCUT2D eigenvalue weighted by Crippen LogP contribution is -2.22. The second-order valence-electron chi connectivity index (χ2n) is 4.73. The minimum Gasteiger partial charge on any atom is -0.486 e. The van der Waals surface area contributed by atoms with Gasteiger partial charge < -0.3 is 9.47 Å². The number of para-hydroxylation sites is 1. The lowest BCUT2D eigenvalue weighted by atomic mass is 10.1. The Labute approximate surface area is 126 Å². The van der Waals surface area contributed by atoms with E-state index in [4.69, 9.17) is 21.1 Å². The van der Waals surface area contributed by atoms with Crippen molar-refractivity contribution in [1.82, 2.24) is 0 Å². The van der Waals surface area contributed by atoms with Gasteiger partial charge in [0.15, 0.2) is 5.75 Å². The van der Waals surface area contributed by atoms with Crippen LogP contribution in [0, 0.1) is 10.1 Å². The van der Waals surface area contributed by atoms with Crippen molar-refractivity contribution in [1.29, 1.82) is 0 Å². The van der Waals surface area contributed by atoms with Crippen LogP contribution in [0.15, 0.2) is 42.5 Å². The minimum atomic E-state index is -0.490. The van der Waals surface area contributed by atoms with E-state index in [9.17, 15) is 10.1 Å². The highest BCUT2D eigenvalue weighted by atomic mass is 35.5. The van der Waals surface area contributed by atoms with Crippen LogP contribution in [0.25, 0.3) is 0 Å². The van der Waals surface area contributed by atoms with Crippen LogP contribution in [0.4, 0.5) is 5.69 Å². The molecule has 0 aromatic heterocycles. The van der Waals surface area contributed by atoms with Gasteiger partial charge in [-0.1, -0.05) is 29.8 Å². The maximum Gasteiger partial charge on any atom is 0.311 e. The smallest absolute Gasteiger partial charge is 0.311 e. The Bertz CT molecular complexity index is 664. The van der Waals surface area contributed by atoms with Gasteiger partial charge in [0.1, 0.15) is 18.5 Å². The average Bonchev–Trinajstić information content (AvgIpc) is 2.87. The molecule has 0 spiro atoms. The highest BCUT2D eigenvalue weighted by Crippen LogP contribution is 2.32. The van der Waals surface area contributed by atoms with Gasteiger partial charge >= 0.3 is 5.69 Å². The van der Waals surface area contributed by atoms with E-state index in [-0.39, 0.29) is 24.1 Å². The van der Waals surface area contributed by atoms with E-state index in [0.29, 0.717) is 5.02 Å². The molecule has 2 aromatic rings. The zero-order valence-corrected chi connectivity index (χ0v) is 11.7. The summed E-state index contributed by atoms with van der Waals surface area (Å²) in [5, 5.41) is 11.4. The molecule has 21 heavy (non-hydrogen) atoms. The van der Waals surface area contributed by atoms with Crippen molar-refractivity contribution in [2.75, 3.05) is 6.61 Å². The number of nitro benzene ring substituents is 1.